The van der Waals surface area contributed by atoms with Crippen LogP contribution in [0.25, 0.3) is 0 Å². The Morgan fingerprint density at radius 1 is 0.533 bits per heavy atom. The highest BCUT2D eigenvalue weighted by Gasteiger charge is 2.56. The van der Waals surface area contributed by atoms with E-state index in [-0.39, 0.29) is 0 Å². The standard InChI is InChI=1S/C30H54/c1-21-11-15-25-27(3,4)17-9-19-29(25,7)23(21)13-14-24-22(2)12-16-26-28(5,6)18-10-20-30(24,26)8/h21-26H,9-20H2,1-8H3/t21?,22?,23-,24?,25-,26?,29+,30+/m0/s1. The molecule has 0 saturated heterocycles. The van der Waals surface area contributed by atoms with Crippen LogP contribution in [0.2, 0.25) is 0 Å². The van der Waals surface area contributed by atoms with Crippen molar-refractivity contribution in [2.24, 2.45) is 57.2 Å². The topological polar surface area (TPSA) is 0 Å². The van der Waals surface area contributed by atoms with Crippen LogP contribution >= 0.6 is 0 Å². The van der Waals surface area contributed by atoms with Crippen molar-refractivity contribution in [2.45, 2.75) is 132 Å². The van der Waals surface area contributed by atoms with Crippen molar-refractivity contribution in [1.82, 2.24) is 0 Å². The summed E-state index contributed by atoms with van der Waals surface area (Å²) in [7, 11) is 0. The van der Waals surface area contributed by atoms with Gasteiger partial charge in [0.2, 0.25) is 0 Å². The largest absolute Gasteiger partial charge is 0.0622 e. The van der Waals surface area contributed by atoms with E-state index >= 15 is 0 Å². The lowest BCUT2D eigenvalue weighted by Gasteiger charge is -2.61. The average Bonchev–Trinajstić information content (AvgIpc) is 2.61. The summed E-state index contributed by atoms with van der Waals surface area (Å²) in [6, 6.07) is 0. The van der Waals surface area contributed by atoms with Gasteiger partial charge >= 0.3 is 0 Å². The van der Waals surface area contributed by atoms with Crippen molar-refractivity contribution in [3.05, 3.63) is 0 Å². The molecular weight excluding hydrogens is 360 g/mol. The predicted molar refractivity (Wildman–Crippen MR) is 131 cm³/mol. The van der Waals surface area contributed by atoms with Gasteiger partial charge in [0, 0.05) is 0 Å². The third-order valence-electron chi connectivity index (χ3n) is 12.2. The van der Waals surface area contributed by atoms with E-state index in [1.54, 1.807) is 0 Å². The molecule has 0 N–H and O–H groups in total. The maximum Gasteiger partial charge on any atom is -0.0262 e. The van der Waals surface area contributed by atoms with E-state index in [2.05, 4.69) is 55.4 Å². The SMILES string of the molecule is CC1CCC2C(C)(C)CCC[C@]2(C)C1CC[C@H]1C(C)CC[C@H]2C(C)(C)CCC[C@]12C. The maximum absolute atomic E-state index is 2.73. The van der Waals surface area contributed by atoms with Gasteiger partial charge in [0.15, 0.2) is 0 Å². The minimum absolute atomic E-state index is 0.563. The van der Waals surface area contributed by atoms with E-state index in [0.29, 0.717) is 21.7 Å². The third-order valence-corrected chi connectivity index (χ3v) is 12.2. The molecule has 0 aliphatic heterocycles. The lowest BCUT2D eigenvalue weighted by Crippen LogP contribution is -2.53. The van der Waals surface area contributed by atoms with Gasteiger partial charge in [0.05, 0.1) is 0 Å². The molecule has 4 unspecified atom stereocenters. The Hall–Kier alpha value is 0. The van der Waals surface area contributed by atoms with Crippen molar-refractivity contribution >= 4 is 0 Å². The van der Waals surface area contributed by atoms with Crippen LogP contribution < -0.4 is 0 Å². The van der Waals surface area contributed by atoms with Crippen molar-refractivity contribution < 1.29 is 0 Å². The monoisotopic (exact) mass is 414 g/mol. The first-order valence-electron chi connectivity index (χ1n) is 13.9. The fourth-order valence-electron chi connectivity index (χ4n) is 10.8. The van der Waals surface area contributed by atoms with Gasteiger partial charge in [-0.3, -0.25) is 0 Å². The zero-order valence-corrected chi connectivity index (χ0v) is 21.9. The van der Waals surface area contributed by atoms with Gasteiger partial charge in [-0.05, 0) is 109 Å². The van der Waals surface area contributed by atoms with Crippen molar-refractivity contribution in [2.75, 3.05) is 0 Å². The van der Waals surface area contributed by atoms with Gasteiger partial charge in [-0.1, -0.05) is 81.1 Å². The van der Waals surface area contributed by atoms with E-state index in [1.807, 2.05) is 0 Å². The van der Waals surface area contributed by atoms with Crippen molar-refractivity contribution in [3.8, 4) is 0 Å². The Morgan fingerprint density at radius 3 is 1.27 bits per heavy atom. The molecule has 4 aliphatic rings. The molecule has 4 fully saturated rings. The second kappa shape index (κ2) is 7.80. The van der Waals surface area contributed by atoms with E-state index in [9.17, 15) is 0 Å². The number of rotatable bonds is 3. The first-order valence-corrected chi connectivity index (χ1v) is 13.9. The summed E-state index contributed by atoms with van der Waals surface area (Å²) in [5, 5.41) is 0. The highest BCUT2D eigenvalue weighted by atomic mass is 14.6. The van der Waals surface area contributed by atoms with Crippen LogP contribution in [0, 0.1) is 57.2 Å². The van der Waals surface area contributed by atoms with Crippen molar-refractivity contribution in [3.63, 3.8) is 0 Å². The molecule has 4 aliphatic carbocycles. The van der Waals surface area contributed by atoms with Gasteiger partial charge in [-0.15, -0.1) is 0 Å². The lowest BCUT2D eigenvalue weighted by atomic mass is 9.44. The third kappa shape index (κ3) is 3.63. The summed E-state index contributed by atoms with van der Waals surface area (Å²) in [6.45, 7) is 21.1. The molecule has 0 aromatic rings. The summed E-state index contributed by atoms with van der Waals surface area (Å²) in [4.78, 5) is 0. The average molecular weight is 415 g/mol. The zero-order valence-electron chi connectivity index (χ0n) is 21.9. The fraction of sp³-hybridized carbons (Fsp3) is 1.00. The molecule has 0 nitrogen and oxygen atoms in total. The van der Waals surface area contributed by atoms with Gasteiger partial charge in [-0.25, -0.2) is 0 Å². The maximum atomic E-state index is 2.73. The highest BCUT2D eigenvalue weighted by molar-refractivity contribution is 5.05. The van der Waals surface area contributed by atoms with Crippen LogP contribution in [0.5, 0.6) is 0 Å². The Bertz CT molecular complexity index is 560. The summed E-state index contributed by atoms with van der Waals surface area (Å²) >= 11 is 0. The molecular formula is C30H54. The molecule has 0 spiro atoms. The van der Waals surface area contributed by atoms with E-state index in [1.165, 1.54) is 77.0 Å². The van der Waals surface area contributed by atoms with Gasteiger partial charge < -0.3 is 0 Å². The number of hydrogen-bond donors (Lipinski definition) is 0. The minimum Gasteiger partial charge on any atom is -0.0622 e. The van der Waals surface area contributed by atoms with Crippen LogP contribution in [-0.2, 0) is 0 Å². The Morgan fingerprint density at radius 2 is 0.900 bits per heavy atom. The fourth-order valence-corrected chi connectivity index (χ4v) is 10.8. The summed E-state index contributed by atoms with van der Waals surface area (Å²) in [5.74, 6) is 5.71. The highest BCUT2D eigenvalue weighted by Crippen LogP contribution is 2.65. The van der Waals surface area contributed by atoms with E-state index < -0.39 is 0 Å². The molecule has 174 valence electrons. The Balaban J connectivity index is 1.55. The molecule has 4 rings (SSSR count). The molecule has 0 heterocycles. The van der Waals surface area contributed by atoms with Crippen LogP contribution in [0.15, 0.2) is 0 Å². The van der Waals surface area contributed by atoms with Gasteiger partial charge in [-0.2, -0.15) is 0 Å². The second-order valence-electron chi connectivity index (χ2n) is 14.7. The zero-order chi connectivity index (χ0) is 21.9. The van der Waals surface area contributed by atoms with E-state index in [4.69, 9.17) is 0 Å². The van der Waals surface area contributed by atoms with Crippen LogP contribution in [0.4, 0.5) is 0 Å². The first-order chi connectivity index (χ1) is 13.9. The smallest absolute Gasteiger partial charge is 0.0262 e. The summed E-state index contributed by atoms with van der Waals surface area (Å²) in [6.07, 6.45) is 17.9. The number of hydrogen-bond acceptors (Lipinski definition) is 0. The van der Waals surface area contributed by atoms with E-state index in [0.717, 1.165) is 35.5 Å². The van der Waals surface area contributed by atoms with Gasteiger partial charge in [0.25, 0.3) is 0 Å². The number of fused-ring (bicyclic) bond motifs is 2. The summed E-state index contributed by atoms with van der Waals surface area (Å²) in [5.41, 5.74) is 2.33. The molecule has 4 saturated carbocycles. The normalized spacial score (nSPS) is 50.4. The van der Waals surface area contributed by atoms with Crippen LogP contribution in [-0.4, -0.2) is 0 Å². The molecule has 0 heteroatoms. The molecule has 8 atom stereocenters. The molecule has 30 heavy (non-hydrogen) atoms. The van der Waals surface area contributed by atoms with Crippen LogP contribution in [0.3, 0.4) is 0 Å². The second-order valence-corrected chi connectivity index (χ2v) is 14.7. The minimum atomic E-state index is 0.563. The quantitative estimate of drug-likeness (QED) is 0.431. The molecule has 0 radical (unpaired) electrons. The molecule has 0 amide bonds. The van der Waals surface area contributed by atoms with Crippen molar-refractivity contribution in [1.29, 1.82) is 0 Å². The lowest BCUT2D eigenvalue weighted by molar-refractivity contribution is -0.116. The Kier molecular flexibility index (Phi) is 6.02. The summed E-state index contributed by atoms with van der Waals surface area (Å²) < 4.78 is 0. The predicted octanol–water partition coefficient (Wildman–Crippen LogP) is 9.52. The Labute approximate surface area is 189 Å². The molecule has 0 aromatic carbocycles. The molecule has 0 bridgehead atoms. The molecule has 0 aromatic heterocycles. The first kappa shape index (κ1) is 23.2. The van der Waals surface area contributed by atoms with Gasteiger partial charge in [0.1, 0.15) is 0 Å². The van der Waals surface area contributed by atoms with Crippen LogP contribution in [0.1, 0.15) is 132 Å².